The van der Waals surface area contributed by atoms with Gasteiger partial charge in [0.2, 0.25) is 0 Å². The Balaban J connectivity index is 2.23. The second kappa shape index (κ2) is 6.45. The zero-order valence-electron chi connectivity index (χ0n) is 13.7. The second-order valence-electron chi connectivity index (χ2n) is 6.99. The number of aryl methyl sites for hydroxylation is 1. The number of halogens is 1. The van der Waals surface area contributed by atoms with E-state index >= 15 is 0 Å². The first kappa shape index (κ1) is 16.4. The lowest BCUT2D eigenvalue weighted by molar-refractivity contribution is -0.0425. The summed E-state index contributed by atoms with van der Waals surface area (Å²) < 4.78 is 13.5. The van der Waals surface area contributed by atoms with Gasteiger partial charge < -0.3 is 10.0 Å². The highest BCUT2D eigenvalue weighted by Crippen LogP contribution is 2.39. The predicted molar refractivity (Wildman–Crippen MR) is 84.9 cm³/mol. The maximum absolute atomic E-state index is 13.5. The molecule has 1 aromatic rings. The van der Waals surface area contributed by atoms with E-state index in [9.17, 15) is 9.50 Å². The fraction of sp³-hybridized carbons (Fsp3) is 0.667. The Morgan fingerprint density at radius 2 is 2.14 bits per heavy atom. The molecule has 0 aromatic heterocycles. The first-order valence-electron chi connectivity index (χ1n) is 7.95. The van der Waals surface area contributed by atoms with Crippen LogP contribution in [-0.2, 0) is 6.42 Å². The largest absolute Gasteiger partial charge is 0.391 e. The van der Waals surface area contributed by atoms with Crippen molar-refractivity contribution >= 4 is 0 Å². The molecule has 3 heteroatoms. The summed E-state index contributed by atoms with van der Waals surface area (Å²) >= 11 is 0. The van der Waals surface area contributed by atoms with Gasteiger partial charge in [-0.2, -0.15) is 0 Å². The second-order valence-corrected chi connectivity index (χ2v) is 6.99. The smallest absolute Gasteiger partial charge is 0.123 e. The molecule has 1 fully saturated rings. The fourth-order valence-electron chi connectivity index (χ4n) is 3.83. The summed E-state index contributed by atoms with van der Waals surface area (Å²) in [5, 5.41) is 10.9. The van der Waals surface area contributed by atoms with E-state index in [-0.39, 0.29) is 11.4 Å². The van der Waals surface area contributed by atoms with E-state index in [2.05, 4.69) is 25.9 Å². The number of aliphatic hydroxyl groups excluding tert-OH is 1. The molecule has 0 amide bonds. The maximum Gasteiger partial charge on any atom is 0.123 e. The van der Waals surface area contributed by atoms with Crippen LogP contribution in [0.5, 0.6) is 0 Å². The topological polar surface area (TPSA) is 23.5 Å². The Morgan fingerprint density at radius 3 is 2.76 bits per heavy atom. The summed E-state index contributed by atoms with van der Waals surface area (Å²) in [6.45, 7) is 4.24. The molecule has 0 bridgehead atoms. The van der Waals surface area contributed by atoms with Crippen molar-refractivity contribution in [3.05, 3.63) is 35.1 Å². The van der Waals surface area contributed by atoms with Crippen LogP contribution in [0.15, 0.2) is 18.2 Å². The molecule has 1 aliphatic rings. The van der Waals surface area contributed by atoms with Crippen molar-refractivity contribution in [2.24, 2.45) is 5.92 Å². The van der Waals surface area contributed by atoms with Gasteiger partial charge in [-0.05, 0) is 63.0 Å². The molecule has 21 heavy (non-hydrogen) atoms. The molecule has 118 valence electrons. The molecule has 0 saturated heterocycles. The molecule has 3 atom stereocenters. The van der Waals surface area contributed by atoms with E-state index in [4.69, 9.17) is 0 Å². The number of rotatable bonds is 4. The average Bonchev–Trinajstić information content (AvgIpc) is 2.42. The minimum absolute atomic E-state index is 0.184. The van der Waals surface area contributed by atoms with Crippen LogP contribution < -0.4 is 0 Å². The molecule has 3 unspecified atom stereocenters. The number of hydrogen-bond acceptors (Lipinski definition) is 2. The van der Waals surface area contributed by atoms with Gasteiger partial charge in [-0.15, -0.1) is 0 Å². The SMILES string of the molecule is Cc1ccc(F)cc1CC(O)C1(N(C)C)CCCC(C)C1. The van der Waals surface area contributed by atoms with Gasteiger partial charge in [-0.25, -0.2) is 4.39 Å². The minimum Gasteiger partial charge on any atom is -0.391 e. The van der Waals surface area contributed by atoms with Crippen LogP contribution in [0.1, 0.15) is 43.7 Å². The molecule has 1 aromatic carbocycles. The zero-order valence-corrected chi connectivity index (χ0v) is 13.7. The summed E-state index contributed by atoms with van der Waals surface area (Å²) in [6.07, 6.45) is 4.47. The normalized spacial score (nSPS) is 27.9. The van der Waals surface area contributed by atoms with E-state index < -0.39 is 6.10 Å². The minimum atomic E-state index is -0.462. The van der Waals surface area contributed by atoms with E-state index in [1.54, 1.807) is 12.1 Å². The van der Waals surface area contributed by atoms with Crippen LogP contribution >= 0.6 is 0 Å². The van der Waals surface area contributed by atoms with Crippen LogP contribution in [0.25, 0.3) is 0 Å². The number of hydrogen-bond donors (Lipinski definition) is 1. The van der Waals surface area contributed by atoms with Gasteiger partial charge in [-0.1, -0.05) is 25.8 Å². The quantitative estimate of drug-likeness (QED) is 0.917. The molecule has 1 saturated carbocycles. The first-order chi connectivity index (χ1) is 9.85. The standard InChI is InChI=1S/C18H28FNO/c1-13-6-5-9-18(12-13,20(3)4)17(21)11-15-10-16(19)8-7-14(15)2/h7-8,10,13,17,21H,5-6,9,11-12H2,1-4H3. The van der Waals surface area contributed by atoms with Crippen molar-refractivity contribution in [1.29, 1.82) is 0 Å². The summed E-state index contributed by atoms with van der Waals surface area (Å²) in [6, 6.07) is 4.84. The van der Waals surface area contributed by atoms with Gasteiger partial charge in [0, 0.05) is 12.0 Å². The molecular formula is C18H28FNO. The Kier molecular flexibility index (Phi) is 5.05. The molecule has 0 spiro atoms. The highest BCUT2D eigenvalue weighted by Gasteiger charge is 2.42. The third kappa shape index (κ3) is 3.46. The van der Waals surface area contributed by atoms with Gasteiger partial charge >= 0.3 is 0 Å². The van der Waals surface area contributed by atoms with Crippen molar-refractivity contribution in [2.75, 3.05) is 14.1 Å². The lowest BCUT2D eigenvalue weighted by Crippen LogP contribution is -2.56. The molecule has 1 aliphatic carbocycles. The van der Waals surface area contributed by atoms with Gasteiger partial charge in [0.1, 0.15) is 5.82 Å². The molecule has 1 N–H and O–H groups in total. The van der Waals surface area contributed by atoms with Crippen molar-refractivity contribution in [3.63, 3.8) is 0 Å². The van der Waals surface area contributed by atoms with Crippen LogP contribution in [0.4, 0.5) is 4.39 Å². The highest BCUT2D eigenvalue weighted by molar-refractivity contribution is 5.28. The Bertz CT molecular complexity index is 488. The first-order valence-corrected chi connectivity index (χ1v) is 7.95. The number of aliphatic hydroxyl groups is 1. The van der Waals surface area contributed by atoms with Crippen molar-refractivity contribution in [3.8, 4) is 0 Å². The Morgan fingerprint density at radius 1 is 1.43 bits per heavy atom. The van der Waals surface area contributed by atoms with Crippen molar-refractivity contribution in [2.45, 2.75) is 57.6 Å². The van der Waals surface area contributed by atoms with E-state index in [1.807, 2.05) is 6.92 Å². The van der Waals surface area contributed by atoms with Gasteiger partial charge in [0.15, 0.2) is 0 Å². The lowest BCUT2D eigenvalue weighted by Gasteiger charge is -2.48. The third-order valence-corrected chi connectivity index (χ3v) is 5.24. The highest BCUT2D eigenvalue weighted by atomic mass is 19.1. The molecule has 2 rings (SSSR count). The molecule has 0 radical (unpaired) electrons. The summed E-state index contributed by atoms with van der Waals surface area (Å²) in [4.78, 5) is 2.18. The van der Waals surface area contributed by atoms with E-state index in [1.165, 1.54) is 12.5 Å². The van der Waals surface area contributed by atoms with Gasteiger partial charge in [-0.3, -0.25) is 0 Å². The maximum atomic E-state index is 13.5. The average molecular weight is 293 g/mol. The molecule has 2 nitrogen and oxygen atoms in total. The third-order valence-electron chi connectivity index (χ3n) is 5.24. The van der Waals surface area contributed by atoms with Crippen LogP contribution in [0, 0.1) is 18.7 Å². The lowest BCUT2D eigenvalue weighted by atomic mass is 9.71. The molecule has 0 heterocycles. The summed E-state index contributed by atoms with van der Waals surface area (Å²) in [5.74, 6) is 0.406. The Labute approximate surface area is 128 Å². The predicted octanol–water partition coefficient (Wildman–Crippen LogP) is 3.55. The summed E-state index contributed by atoms with van der Waals surface area (Å²) in [7, 11) is 4.11. The molecule has 0 aliphatic heterocycles. The van der Waals surface area contributed by atoms with Crippen LogP contribution in [0.3, 0.4) is 0 Å². The summed E-state index contributed by atoms with van der Waals surface area (Å²) in [5.41, 5.74) is 1.78. The van der Waals surface area contributed by atoms with Crippen molar-refractivity contribution < 1.29 is 9.50 Å². The van der Waals surface area contributed by atoms with Crippen LogP contribution in [-0.4, -0.2) is 35.7 Å². The van der Waals surface area contributed by atoms with Crippen LogP contribution in [0.2, 0.25) is 0 Å². The number of nitrogens with zero attached hydrogens (tertiary/aromatic N) is 1. The fourth-order valence-corrected chi connectivity index (χ4v) is 3.83. The Hall–Kier alpha value is -0.930. The molecular weight excluding hydrogens is 265 g/mol. The number of likely N-dealkylation sites (N-methyl/N-ethyl adjacent to an activating group) is 1. The number of benzene rings is 1. The van der Waals surface area contributed by atoms with E-state index in [0.29, 0.717) is 12.3 Å². The monoisotopic (exact) mass is 293 g/mol. The van der Waals surface area contributed by atoms with Crippen molar-refractivity contribution in [1.82, 2.24) is 4.90 Å². The van der Waals surface area contributed by atoms with E-state index in [0.717, 1.165) is 30.4 Å². The van der Waals surface area contributed by atoms with Gasteiger partial charge in [0.05, 0.1) is 6.10 Å². The van der Waals surface area contributed by atoms with Gasteiger partial charge in [0.25, 0.3) is 0 Å². The zero-order chi connectivity index (χ0) is 15.6.